The smallest absolute Gasteiger partial charge is 0.354 e. The summed E-state index contributed by atoms with van der Waals surface area (Å²) in [5.41, 5.74) is 5.70. The van der Waals surface area contributed by atoms with Crippen LogP contribution in [0.2, 0.25) is 0 Å². The molecule has 3 aromatic carbocycles. The van der Waals surface area contributed by atoms with E-state index in [2.05, 4.69) is 65.7 Å². The van der Waals surface area contributed by atoms with Crippen LogP contribution >= 0.6 is 11.3 Å². The van der Waals surface area contributed by atoms with Crippen molar-refractivity contribution in [1.29, 1.82) is 5.41 Å². The third-order valence-corrected chi connectivity index (χ3v) is 7.70. The van der Waals surface area contributed by atoms with Gasteiger partial charge >= 0.3 is 5.97 Å². The van der Waals surface area contributed by atoms with Gasteiger partial charge in [0, 0.05) is 33.4 Å². The van der Waals surface area contributed by atoms with Gasteiger partial charge in [0.15, 0.2) is 5.71 Å². The lowest BCUT2D eigenvalue weighted by Crippen LogP contribution is -2.25. The molecule has 0 bridgehead atoms. The molecule has 0 aliphatic carbocycles. The van der Waals surface area contributed by atoms with Gasteiger partial charge in [-0.05, 0) is 91.6 Å². The van der Waals surface area contributed by atoms with Crippen LogP contribution < -0.4 is 10.2 Å². The van der Waals surface area contributed by atoms with Crippen LogP contribution in [-0.4, -0.2) is 29.2 Å². The van der Waals surface area contributed by atoms with Gasteiger partial charge < -0.3 is 15.3 Å². The molecule has 3 N–H and O–H groups in total. The molecule has 0 unspecified atom stereocenters. The van der Waals surface area contributed by atoms with Crippen LogP contribution in [0.5, 0.6) is 0 Å². The van der Waals surface area contributed by atoms with Crippen molar-refractivity contribution in [1.82, 2.24) is 0 Å². The summed E-state index contributed by atoms with van der Waals surface area (Å²) >= 11 is 1.42. The lowest BCUT2D eigenvalue weighted by molar-refractivity contribution is -0.129. The van der Waals surface area contributed by atoms with E-state index in [0.717, 1.165) is 29.8 Å². The molecule has 0 radical (unpaired) electrons. The van der Waals surface area contributed by atoms with Gasteiger partial charge in [0.05, 0.1) is 5.57 Å². The SMILES string of the molecule is Cc1ccc(N2CCCc3cc(/C=C/c4ccc(/C=C(/C(=N)C(=O)O)C(=O)Nc5ccccc5)s4)ccc32)cc1. The fourth-order valence-electron chi connectivity index (χ4n) is 4.66. The first-order valence-electron chi connectivity index (χ1n) is 13.0. The fourth-order valence-corrected chi connectivity index (χ4v) is 5.51. The molecule has 4 aromatic rings. The Morgan fingerprint density at radius 2 is 1.70 bits per heavy atom. The molecular weight excluding hydrogens is 518 g/mol. The summed E-state index contributed by atoms with van der Waals surface area (Å²) in [4.78, 5) is 28.4. The second-order valence-electron chi connectivity index (χ2n) is 9.61. The van der Waals surface area contributed by atoms with Crippen molar-refractivity contribution in [3.63, 3.8) is 0 Å². The molecule has 1 aromatic heterocycles. The number of carbonyl (C=O) groups excluding carboxylic acids is 1. The molecule has 0 spiro atoms. The largest absolute Gasteiger partial charge is 0.477 e. The molecule has 0 saturated heterocycles. The zero-order valence-corrected chi connectivity index (χ0v) is 22.9. The Labute approximate surface area is 237 Å². The van der Waals surface area contributed by atoms with Crippen molar-refractivity contribution in [2.45, 2.75) is 19.8 Å². The summed E-state index contributed by atoms with van der Waals surface area (Å²) in [6, 6.07) is 27.7. The third-order valence-electron chi connectivity index (χ3n) is 6.70. The third kappa shape index (κ3) is 6.27. The number of carboxylic acids is 1. The maximum atomic E-state index is 12.8. The molecule has 0 atom stereocenters. The van der Waals surface area contributed by atoms with Gasteiger partial charge in [0.25, 0.3) is 5.91 Å². The number of anilines is 3. The van der Waals surface area contributed by atoms with Gasteiger partial charge in [-0.2, -0.15) is 0 Å². The minimum absolute atomic E-state index is 0.207. The molecule has 200 valence electrons. The van der Waals surface area contributed by atoms with Crippen molar-refractivity contribution < 1.29 is 14.7 Å². The van der Waals surface area contributed by atoms with Crippen molar-refractivity contribution in [2.24, 2.45) is 0 Å². The second kappa shape index (κ2) is 12.0. The first-order valence-corrected chi connectivity index (χ1v) is 13.8. The number of nitrogens with zero attached hydrogens (tertiary/aromatic N) is 1. The Kier molecular flexibility index (Phi) is 8.03. The van der Waals surface area contributed by atoms with Gasteiger partial charge in [-0.1, -0.05) is 48.0 Å². The average Bonchev–Trinajstić information content (AvgIpc) is 3.42. The molecule has 0 saturated carbocycles. The Balaban J connectivity index is 1.33. The zero-order valence-electron chi connectivity index (χ0n) is 22.1. The Bertz CT molecular complexity index is 1620. The van der Waals surface area contributed by atoms with Gasteiger partial charge in [-0.15, -0.1) is 11.3 Å². The molecule has 0 fully saturated rings. The summed E-state index contributed by atoms with van der Waals surface area (Å²) in [5.74, 6) is -2.10. The molecule has 7 heteroatoms. The summed E-state index contributed by atoms with van der Waals surface area (Å²) in [6.45, 7) is 3.10. The molecule has 1 aliphatic heterocycles. The van der Waals surface area contributed by atoms with Crippen molar-refractivity contribution >= 4 is 64.2 Å². The highest BCUT2D eigenvalue weighted by molar-refractivity contribution is 7.13. The molecule has 5 rings (SSSR count). The first kappa shape index (κ1) is 26.8. The van der Waals surface area contributed by atoms with Crippen molar-refractivity contribution in [2.75, 3.05) is 16.8 Å². The standard InChI is InChI=1S/C33H29N3O3S/c1-22-9-13-26(14-10-22)36-19-5-6-24-20-23(12-18-30(24)36)11-15-27-16-17-28(40-27)21-29(31(34)33(38)39)32(37)35-25-7-3-2-4-8-25/h2-4,7-18,20-21,34H,5-6,19H2,1H3,(H,35,37)(H,38,39)/b15-11+,29-21-,34-31?. The predicted octanol–water partition coefficient (Wildman–Crippen LogP) is 7.44. The highest BCUT2D eigenvalue weighted by Crippen LogP contribution is 2.34. The monoisotopic (exact) mass is 547 g/mol. The van der Waals surface area contributed by atoms with E-state index in [-0.39, 0.29) is 5.57 Å². The fraction of sp³-hybridized carbons (Fsp3) is 0.121. The van der Waals surface area contributed by atoms with Crippen LogP contribution in [0, 0.1) is 12.3 Å². The number of para-hydroxylation sites is 1. The lowest BCUT2D eigenvalue weighted by atomic mass is 9.98. The summed E-state index contributed by atoms with van der Waals surface area (Å²) in [5, 5.41) is 20.0. The van der Waals surface area contributed by atoms with Crippen molar-refractivity contribution in [3.8, 4) is 0 Å². The quantitative estimate of drug-likeness (QED) is 0.158. The van der Waals surface area contributed by atoms with Crippen LogP contribution in [0.4, 0.5) is 17.1 Å². The molecule has 6 nitrogen and oxygen atoms in total. The molecule has 2 heterocycles. The number of hydrogen-bond donors (Lipinski definition) is 3. The second-order valence-corrected chi connectivity index (χ2v) is 10.8. The first-order chi connectivity index (χ1) is 19.4. The van der Waals surface area contributed by atoms with E-state index in [1.807, 2.05) is 24.3 Å². The Morgan fingerprint density at radius 3 is 2.45 bits per heavy atom. The van der Waals surface area contributed by atoms with E-state index in [4.69, 9.17) is 5.41 Å². The number of fused-ring (bicyclic) bond motifs is 1. The number of carbonyl (C=O) groups is 2. The van der Waals surface area contributed by atoms with Crippen LogP contribution in [0.25, 0.3) is 18.2 Å². The van der Waals surface area contributed by atoms with Crippen LogP contribution in [0.15, 0.2) is 90.5 Å². The van der Waals surface area contributed by atoms with E-state index in [1.54, 1.807) is 24.3 Å². The van der Waals surface area contributed by atoms with E-state index in [0.29, 0.717) is 10.6 Å². The highest BCUT2D eigenvalue weighted by Gasteiger charge is 2.21. The minimum Gasteiger partial charge on any atom is -0.477 e. The molecule has 1 amide bonds. The number of thiophene rings is 1. The number of aryl methyl sites for hydroxylation is 2. The molecular formula is C33H29N3O3S. The van der Waals surface area contributed by atoms with Crippen molar-refractivity contribution in [3.05, 3.63) is 117 Å². The summed E-state index contributed by atoms with van der Waals surface area (Å²) < 4.78 is 0. The number of carboxylic acid groups (broad SMARTS) is 1. The number of hydrogen-bond acceptors (Lipinski definition) is 5. The highest BCUT2D eigenvalue weighted by atomic mass is 32.1. The van der Waals surface area contributed by atoms with Crippen LogP contribution in [0.3, 0.4) is 0 Å². The zero-order chi connectivity index (χ0) is 28.1. The van der Waals surface area contributed by atoms with Gasteiger partial charge in [-0.25, -0.2) is 4.79 Å². The van der Waals surface area contributed by atoms with Crippen LogP contribution in [-0.2, 0) is 16.0 Å². The number of aliphatic carboxylic acids is 1. The lowest BCUT2D eigenvalue weighted by Gasteiger charge is -2.31. The minimum atomic E-state index is -1.46. The van der Waals surface area contributed by atoms with Gasteiger partial charge in [-0.3, -0.25) is 10.2 Å². The normalized spacial score (nSPS) is 13.2. The number of amides is 1. The average molecular weight is 548 g/mol. The van der Waals surface area contributed by atoms with Crippen LogP contribution in [0.1, 0.15) is 32.9 Å². The summed E-state index contributed by atoms with van der Waals surface area (Å²) in [6.07, 6.45) is 7.66. The molecule has 40 heavy (non-hydrogen) atoms. The van der Waals surface area contributed by atoms with Gasteiger partial charge in [0.2, 0.25) is 0 Å². The number of nitrogens with one attached hydrogen (secondary N) is 2. The van der Waals surface area contributed by atoms with E-state index in [9.17, 15) is 14.7 Å². The summed E-state index contributed by atoms with van der Waals surface area (Å²) in [7, 11) is 0. The Hall–Kier alpha value is -4.75. The molecule has 1 aliphatic rings. The number of rotatable bonds is 8. The maximum absolute atomic E-state index is 12.8. The topological polar surface area (TPSA) is 93.5 Å². The van der Waals surface area contributed by atoms with E-state index >= 15 is 0 Å². The van der Waals surface area contributed by atoms with Gasteiger partial charge in [0.1, 0.15) is 0 Å². The van der Waals surface area contributed by atoms with E-state index in [1.165, 1.54) is 39.9 Å². The Morgan fingerprint density at radius 1 is 0.950 bits per heavy atom. The number of benzene rings is 3. The van der Waals surface area contributed by atoms with E-state index < -0.39 is 17.6 Å². The predicted molar refractivity (Wildman–Crippen MR) is 165 cm³/mol. The maximum Gasteiger partial charge on any atom is 0.354 e.